The Bertz CT molecular complexity index is 332. The molecule has 18 heavy (non-hydrogen) atoms. The summed E-state index contributed by atoms with van der Waals surface area (Å²) >= 11 is 0. The van der Waals surface area contributed by atoms with Crippen LogP contribution in [0.1, 0.15) is 32.6 Å². The van der Waals surface area contributed by atoms with Gasteiger partial charge >= 0.3 is 0 Å². The van der Waals surface area contributed by atoms with E-state index in [0.717, 1.165) is 19.4 Å². The van der Waals surface area contributed by atoms with Gasteiger partial charge in [0, 0.05) is 20.1 Å². The van der Waals surface area contributed by atoms with Crippen LogP contribution in [0.25, 0.3) is 0 Å². The first-order chi connectivity index (χ1) is 8.47. The second kappa shape index (κ2) is 7.43. The van der Waals surface area contributed by atoms with Gasteiger partial charge in [0.25, 0.3) is 10.2 Å². The summed E-state index contributed by atoms with van der Waals surface area (Å²) in [6, 6.07) is 0. The molecule has 6 heteroatoms. The van der Waals surface area contributed by atoms with Gasteiger partial charge in [0.1, 0.15) is 0 Å². The topological polar surface area (TPSA) is 61.4 Å². The average molecular weight is 277 g/mol. The van der Waals surface area contributed by atoms with E-state index in [2.05, 4.69) is 17.0 Å². The lowest BCUT2D eigenvalue weighted by atomic mass is 9.99. The third-order valence-corrected chi connectivity index (χ3v) is 5.41. The molecule has 108 valence electrons. The average Bonchev–Trinajstić information content (AvgIpc) is 2.72. The summed E-state index contributed by atoms with van der Waals surface area (Å²) in [5.74, 6) is 1.15. The minimum absolute atomic E-state index is 0.505. The van der Waals surface area contributed by atoms with E-state index >= 15 is 0 Å². The van der Waals surface area contributed by atoms with Gasteiger partial charge in [-0.05, 0) is 38.3 Å². The Morgan fingerprint density at radius 2 is 2.06 bits per heavy atom. The molecule has 0 heterocycles. The molecular weight excluding hydrogens is 250 g/mol. The van der Waals surface area contributed by atoms with Crippen molar-refractivity contribution in [1.82, 2.24) is 14.3 Å². The van der Waals surface area contributed by atoms with Crippen molar-refractivity contribution < 1.29 is 8.42 Å². The van der Waals surface area contributed by atoms with Gasteiger partial charge in [-0.1, -0.05) is 19.8 Å². The van der Waals surface area contributed by atoms with Gasteiger partial charge in [0.2, 0.25) is 0 Å². The first-order valence-electron chi connectivity index (χ1n) is 6.83. The predicted octanol–water partition coefficient (Wildman–Crippen LogP) is 0.798. The number of nitrogens with zero attached hydrogens (tertiary/aromatic N) is 1. The zero-order valence-electron chi connectivity index (χ0n) is 11.8. The van der Waals surface area contributed by atoms with Gasteiger partial charge in [0.05, 0.1) is 0 Å². The second-order valence-electron chi connectivity index (χ2n) is 5.30. The Hall–Kier alpha value is -0.170. The second-order valence-corrected chi connectivity index (χ2v) is 7.16. The van der Waals surface area contributed by atoms with Crippen molar-refractivity contribution >= 4 is 10.2 Å². The fourth-order valence-electron chi connectivity index (χ4n) is 2.45. The zero-order valence-corrected chi connectivity index (χ0v) is 12.6. The Morgan fingerprint density at radius 1 is 1.33 bits per heavy atom. The highest BCUT2D eigenvalue weighted by atomic mass is 32.2. The van der Waals surface area contributed by atoms with Crippen molar-refractivity contribution in [2.45, 2.75) is 32.6 Å². The highest BCUT2D eigenvalue weighted by Crippen LogP contribution is 2.30. The largest absolute Gasteiger partial charge is 0.320 e. The third-order valence-electron chi connectivity index (χ3n) is 3.88. The van der Waals surface area contributed by atoms with Gasteiger partial charge < -0.3 is 5.32 Å². The monoisotopic (exact) mass is 277 g/mol. The van der Waals surface area contributed by atoms with Gasteiger partial charge in [-0.25, -0.2) is 4.72 Å². The van der Waals surface area contributed by atoms with E-state index in [1.165, 1.54) is 17.1 Å². The van der Waals surface area contributed by atoms with Gasteiger partial charge in [-0.15, -0.1) is 0 Å². The Morgan fingerprint density at radius 3 is 2.61 bits per heavy atom. The maximum absolute atomic E-state index is 12.0. The number of nitrogens with one attached hydrogen (secondary N) is 2. The molecule has 1 rings (SSSR count). The molecule has 1 aliphatic carbocycles. The molecule has 0 aromatic carbocycles. The molecule has 0 saturated heterocycles. The van der Waals surface area contributed by atoms with E-state index in [9.17, 15) is 8.42 Å². The van der Waals surface area contributed by atoms with Crippen LogP contribution in [-0.4, -0.2) is 46.5 Å². The molecule has 0 aliphatic heterocycles. The fraction of sp³-hybridized carbons (Fsp3) is 1.00. The standard InChI is InChI=1S/C12H27N3O2S/c1-11-6-4-7-12(11)10-14-18(16,17)15(3)9-5-8-13-2/h11-14H,4-10H2,1-3H3. The molecule has 0 bridgehead atoms. The maximum Gasteiger partial charge on any atom is 0.279 e. The van der Waals surface area contributed by atoms with E-state index < -0.39 is 10.2 Å². The van der Waals surface area contributed by atoms with Crippen molar-refractivity contribution in [2.75, 3.05) is 33.7 Å². The molecule has 1 fully saturated rings. The first kappa shape index (κ1) is 15.9. The molecule has 0 amide bonds. The highest BCUT2D eigenvalue weighted by Gasteiger charge is 2.25. The van der Waals surface area contributed by atoms with Crippen LogP contribution < -0.4 is 10.0 Å². The first-order valence-corrected chi connectivity index (χ1v) is 8.27. The van der Waals surface area contributed by atoms with Gasteiger partial charge in [-0.2, -0.15) is 12.7 Å². The molecule has 2 atom stereocenters. The molecule has 0 spiro atoms. The van der Waals surface area contributed by atoms with E-state index in [-0.39, 0.29) is 0 Å². The highest BCUT2D eigenvalue weighted by molar-refractivity contribution is 7.87. The van der Waals surface area contributed by atoms with Crippen molar-refractivity contribution in [2.24, 2.45) is 11.8 Å². The lowest BCUT2D eigenvalue weighted by Gasteiger charge is -2.21. The van der Waals surface area contributed by atoms with Crippen LogP contribution in [-0.2, 0) is 10.2 Å². The molecule has 1 saturated carbocycles. The van der Waals surface area contributed by atoms with Crippen molar-refractivity contribution in [1.29, 1.82) is 0 Å². The molecule has 2 N–H and O–H groups in total. The van der Waals surface area contributed by atoms with E-state index in [1.54, 1.807) is 7.05 Å². The molecular formula is C12H27N3O2S. The van der Waals surface area contributed by atoms with E-state index in [0.29, 0.717) is 24.9 Å². The molecule has 5 nitrogen and oxygen atoms in total. The number of rotatable bonds is 8. The summed E-state index contributed by atoms with van der Waals surface area (Å²) in [5, 5.41) is 3.02. The summed E-state index contributed by atoms with van der Waals surface area (Å²) in [7, 11) is 0.208. The van der Waals surface area contributed by atoms with Gasteiger partial charge in [-0.3, -0.25) is 0 Å². The van der Waals surface area contributed by atoms with Crippen molar-refractivity contribution in [3.8, 4) is 0 Å². The molecule has 0 radical (unpaired) electrons. The number of hydrogen-bond donors (Lipinski definition) is 2. The van der Waals surface area contributed by atoms with E-state index in [4.69, 9.17) is 0 Å². The molecule has 0 aromatic rings. The van der Waals surface area contributed by atoms with Crippen LogP contribution in [0.3, 0.4) is 0 Å². The molecule has 0 aromatic heterocycles. The van der Waals surface area contributed by atoms with Crippen LogP contribution in [0.15, 0.2) is 0 Å². The Balaban J connectivity index is 2.34. The van der Waals surface area contributed by atoms with Crippen LogP contribution in [0, 0.1) is 11.8 Å². The predicted molar refractivity (Wildman–Crippen MR) is 74.6 cm³/mol. The maximum atomic E-state index is 12.0. The van der Waals surface area contributed by atoms with Crippen molar-refractivity contribution in [3.05, 3.63) is 0 Å². The fourth-order valence-corrected chi connectivity index (χ4v) is 3.46. The quantitative estimate of drug-likeness (QED) is 0.645. The smallest absolute Gasteiger partial charge is 0.279 e. The van der Waals surface area contributed by atoms with Crippen LogP contribution in [0.2, 0.25) is 0 Å². The minimum atomic E-state index is -3.30. The van der Waals surface area contributed by atoms with Gasteiger partial charge in [0.15, 0.2) is 0 Å². The van der Waals surface area contributed by atoms with Crippen molar-refractivity contribution in [3.63, 3.8) is 0 Å². The van der Waals surface area contributed by atoms with E-state index in [1.807, 2.05) is 7.05 Å². The normalized spacial score (nSPS) is 24.9. The third kappa shape index (κ3) is 4.84. The summed E-state index contributed by atoms with van der Waals surface area (Å²) < 4.78 is 28.1. The van der Waals surface area contributed by atoms with Crippen LogP contribution >= 0.6 is 0 Å². The van der Waals surface area contributed by atoms with Crippen LogP contribution in [0.5, 0.6) is 0 Å². The SMILES string of the molecule is CNCCCN(C)S(=O)(=O)NCC1CCCC1C. The van der Waals surface area contributed by atoms with Crippen LogP contribution in [0.4, 0.5) is 0 Å². The summed E-state index contributed by atoms with van der Waals surface area (Å²) in [4.78, 5) is 0. The summed E-state index contributed by atoms with van der Waals surface area (Å²) in [5.41, 5.74) is 0. The summed E-state index contributed by atoms with van der Waals surface area (Å²) in [6.45, 7) is 4.18. The zero-order chi connectivity index (χ0) is 13.6. The Labute approximate surface area is 112 Å². The lowest BCUT2D eigenvalue weighted by molar-refractivity contribution is 0.399. The minimum Gasteiger partial charge on any atom is -0.320 e. The number of hydrogen-bond acceptors (Lipinski definition) is 3. The molecule has 1 aliphatic rings. The Kier molecular flexibility index (Phi) is 6.55. The lowest BCUT2D eigenvalue weighted by Crippen LogP contribution is -2.41. The molecule has 2 unspecified atom stereocenters. The summed E-state index contributed by atoms with van der Waals surface area (Å²) in [6.07, 6.45) is 4.43.